The van der Waals surface area contributed by atoms with Crippen LogP contribution in [-0.4, -0.2) is 30.6 Å². The average Bonchev–Trinajstić information content (AvgIpc) is 2.73. The summed E-state index contributed by atoms with van der Waals surface area (Å²) in [4.78, 5) is 4.41. The molecule has 1 aromatic heterocycles. The fourth-order valence-corrected chi connectivity index (χ4v) is 4.63. The molecule has 0 radical (unpaired) electrons. The molecular formula is C17H28N2S. The molecule has 20 heavy (non-hydrogen) atoms. The Hall–Kier alpha value is -0.380. The van der Waals surface area contributed by atoms with Crippen LogP contribution >= 0.6 is 11.3 Å². The SMILES string of the molecule is CC(C)(C)C1CN(C2CCCc3sccc32)CCCN1. The van der Waals surface area contributed by atoms with Crippen LogP contribution in [0.15, 0.2) is 11.4 Å². The third-order valence-corrected chi connectivity index (χ3v) is 5.93. The Kier molecular flexibility index (Phi) is 4.21. The van der Waals surface area contributed by atoms with Gasteiger partial charge in [0, 0.05) is 30.1 Å². The number of thiophene rings is 1. The Morgan fingerprint density at radius 2 is 2.15 bits per heavy atom. The molecule has 2 aliphatic rings. The zero-order valence-corrected chi connectivity index (χ0v) is 13.9. The van der Waals surface area contributed by atoms with Gasteiger partial charge in [-0.25, -0.2) is 0 Å². The van der Waals surface area contributed by atoms with Crippen molar-refractivity contribution in [1.29, 1.82) is 0 Å². The average molecular weight is 292 g/mol. The van der Waals surface area contributed by atoms with Gasteiger partial charge >= 0.3 is 0 Å². The van der Waals surface area contributed by atoms with Crippen molar-refractivity contribution in [2.45, 2.75) is 58.5 Å². The van der Waals surface area contributed by atoms with Gasteiger partial charge < -0.3 is 5.32 Å². The fraction of sp³-hybridized carbons (Fsp3) is 0.765. The van der Waals surface area contributed by atoms with Crippen LogP contribution in [0.1, 0.15) is 56.5 Å². The summed E-state index contributed by atoms with van der Waals surface area (Å²) in [5, 5.41) is 6.06. The summed E-state index contributed by atoms with van der Waals surface area (Å²) in [6.45, 7) is 10.7. The van der Waals surface area contributed by atoms with Gasteiger partial charge in [0.2, 0.25) is 0 Å². The van der Waals surface area contributed by atoms with E-state index in [0.29, 0.717) is 17.5 Å². The summed E-state index contributed by atoms with van der Waals surface area (Å²) < 4.78 is 0. The summed E-state index contributed by atoms with van der Waals surface area (Å²) in [5.74, 6) is 0. The predicted molar refractivity (Wildman–Crippen MR) is 87.4 cm³/mol. The van der Waals surface area contributed by atoms with Crippen LogP contribution in [0.25, 0.3) is 0 Å². The summed E-state index contributed by atoms with van der Waals surface area (Å²) >= 11 is 1.96. The number of nitrogens with zero attached hydrogens (tertiary/aromatic N) is 1. The molecule has 0 aromatic carbocycles. The first-order valence-corrected chi connectivity index (χ1v) is 8.97. The molecule has 0 amide bonds. The topological polar surface area (TPSA) is 15.3 Å². The fourth-order valence-electron chi connectivity index (χ4n) is 3.65. The van der Waals surface area contributed by atoms with Gasteiger partial charge in [0.05, 0.1) is 0 Å². The van der Waals surface area contributed by atoms with Gasteiger partial charge in [-0.1, -0.05) is 20.8 Å². The molecule has 3 heteroatoms. The first-order chi connectivity index (χ1) is 9.55. The van der Waals surface area contributed by atoms with Crippen LogP contribution in [0.4, 0.5) is 0 Å². The van der Waals surface area contributed by atoms with E-state index in [9.17, 15) is 0 Å². The van der Waals surface area contributed by atoms with E-state index in [1.54, 1.807) is 10.4 Å². The van der Waals surface area contributed by atoms with E-state index < -0.39 is 0 Å². The van der Waals surface area contributed by atoms with E-state index in [4.69, 9.17) is 0 Å². The normalized spacial score (nSPS) is 28.9. The highest BCUT2D eigenvalue weighted by atomic mass is 32.1. The van der Waals surface area contributed by atoms with E-state index >= 15 is 0 Å². The number of aryl methyl sites for hydroxylation is 1. The van der Waals surface area contributed by atoms with Gasteiger partial charge in [0.1, 0.15) is 0 Å². The molecule has 1 aliphatic carbocycles. The lowest BCUT2D eigenvalue weighted by Crippen LogP contribution is -2.47. The molecule has 0 spiro atoms. The van der Waals surface area contributed by atoms with Crippen LogP contribution in [0.5, 0.6) is 0 Å². The van der Waals surface area contributed by atoms with Gasteiger partial charge in [-0.15, -0.1) is 11.3 Å². The summed E-state index contributed by atoms with van der Waals surface area (Å²) in [6, 6.07) is 3.66. The standard InChI is InChI=1S/C17H28N2S/c1-17(2,3)16-12-19(10-5-9-18-16)14-6-4-7-15-13(14)8-11-20-15/h8,11,14,16,18H,4-7,9-10,12H2,1-3H3. The van der Waals surface area contributed by atoms with Gasteiger partial charge in [-0.2, -0.15) is 0 Å². The molecule has 1 fully saturated rings. The van der Waals surface area contributed by atoms with Crippen LogP contribution in [0, 0.1) is 5.41 Å². The molecule has 1 aromatic rings. The highest BCUT2D eigenvalue weighted by Crippen LogP contribution is 2.38. The van der Waals surface area contributed by atoms with Gasteiger partial charge in [0.15, 0.2) is 0 Å². The van der Waals surface area contributed by atoms with Crippen molar-refractivity contribution in [3.63, 3.8) is 0 Å². The Morgan fingerprint density at radius 3 is 2.95 bits per heavy atom. The Balaban J connectivity index is 1.80. The highest BCUT2D eigenvalue weighted by Gasteiger charge is 2.33. The molecule has 2 nitrogen and oxygen atoms in total. The van der Waals surface area contributed by atoms with Crippen molar-refractivity contribution in [3.05, 3.63) is 21.9 Å². The number of hydrogen-bond acceptors (Lipinski definition) is 3. The zero-order valence-electron chi connectivity index (χ0n) is 13.1. The maximum atomic E-state index is 3.77. The summed E-state index contributed by atoms with van der Waals surface area (Å²) in [7, 11) is 0. The van der Waals surface area contributed by atoms with Gasteiger partial charge in [0.25, 0.3) is 0 Å². The van der Waals surface area contributed by atoms with Crippen molar-refractivity contribution >= 4 is 11.3 Å². The van der Waals surface area contributed by atoms with E-state index in [1.165, 1.54) is 45.3 Å². The van der Waals surface area contributed by atoms with Crippen molar-refractivity contribution in [2.24, 2.45) is 5.41 Å². The molecule has 1 saturated heterocycles. The minimum atomic E-state index is 0.342. The molecule has 2 heterocycles. The molecule has 2 atom stereocenters. The van der Waals surface area contributed by atoms with Crippen molar-refractivity contribution < 1.29 is 0 Å². The molecule has 1 aliphatic heterocycles. The lowest BCUT2D eigenvalue weighted by molar-refractivity contribution is 0.142. The molecule has 3 rings (SSSR count). The second-order valence-corrected chi connectivity index (χ2v) is 8.43. The van der Waals surface area contributed by atoms with Crippen LogP contribution in [0.2, 0.25) is 0 Å². The van der Waals surface area contributed by atoms with Crippen molar-refractivity contribution in [3.8, 4) is 0 Å². The maximum Gasteiger partial charge on any atom is 0.0359 e. The van der Waals surface area contributed by atoms with Crippen molar-refractivity contribution in [2.75, 3.05) is 19.6 Å². The zero-order chi connectivity index (χ0) is 14.2. The molecular weight excluding hydrogens is 264 g/mol. The second-order valence-electron chi connectivity index (χ2n) is 7.43. The van der Waals surface area contributed by atoms with Crippen LogP contribution in [-0.2, 0) is 6.42 Å². The molecule has 0 saturated carbocycles. The molecule has 2 unspecified atom stereocenters. The monoisotopic (exact) mass is 292 g/mol. The minimum Gasteiger partial charge on any atom is -0.312 e. The number of nitrogens with one attached hydrogen (secondary N) is 1. The van der Waals surface area contributed by atoms with Gasteiger partial charge in [-0.05, 0) is 54.7 Å². The Morgan fingerprint density at radius 1 is 1.30 bits per heavy atom. The Labute approximate surface area is 127 Å². The van der Waals surface area contributed by atoms with Crippen LogP contribution in [0.3, 0.4) is 0 Å². The molecule has 112 valence electrons. The maximum absolute atomic E-state index is 3.77. The highest BCUT2D eigenvalue weighted by molar-refractivity contribution is 7.10. The Bertz CT molecular complexity index is 446. The predicted octanol–water partition coefficient (Wildman–Crippen LogP) is 3.84. The number of hydrogen-bond donors (Lipinski definition) is 1. The van der Waals surface area contributed by atoms with Crippen molar-refractivity contribution in [1.82, 2.24) is 10.2 Å². The van der Waals surface area contributed by atoms with Crippen LogP contribution < -0.4 is 5.32 Å². The largest absolute Gasteiger partial charge is 0.312 e. The van der Waals surface area contributed by atoms with E-state index in [1.807, 2.05) is 11.3 Å². The molecule has 1 N–H and O–H groups in total. The molecule has 0 bridgehead atoms. The minimum absolute atomic E-state index is 0.342. The lowest BCUT2D eigenvalue weighted by atomic mass is 9.85. The van der Waals surface area contributed by atoms with E-state index in [-0.39, 0.29) is 0 Å². The first-order valence-electron chi connectivity index (χ1n) is 8.09. The first kappa shape index (κ1) is 14.6. The smallest absolute Gasteiger partial charge is 0.0359 e. The number of rotatable bonds is 1. The van der Waals surface area contributed by atoms with Gasteiger partial charge in [-0.3, -0.25) is 4.90 Å². The summed E-state index contributed by atoms with van der Waals surface area (Å²) in [5.41, 5.74) is 1.98. The third-order valence-electron chi connectivity index (χ3n) is 4.94. The lowest BCUT2D eigenvalue weighted by Gasteiger charge is -2.38. The number of fused-ring (bicyclic) bond motifs is 1. The summed E-state index contributed by atoms with van der Waals surface area (Å²) in [6.07, 6.45) is 5.30. The quantitative estimate of drug-likeness (QED) is 0.846. The van der Waals surface area contributed by atoms with E-state index in [2.05, 4.69) is 42.4 Å². The second kappa shape index (κ2) is 5.78. The van der Waals surface area contributed by atoms with E-state index in [0.717, 1.165) is 0 Å². The third kappa shape index (κ3) is 2.95.